The van der Waals surface area contributed by atoms with Crippen molar-refractivity contribution in [2.45, 2.75) is 19.9 Å². The molecule has 0 saturated carbocycles. The molecule has 1 aromatic carbocycles. The predicted octanol–water partition coefficient (Wildman–Crippen LogP) is 5.13. The molecule has 0 radical (unpaired) electrons. The van der Waals surface area contributed by atoms with Crippen molar-refractivity contribution in [2.24, 2.45) is 5.73 Å². The number of aromatic nitrogens is 2. The van der Waals surface area contributed by atoms with Crippen LogP contribution in [0.25, 0.3) is 21.3 Å². The second-order valence-electron chi connectivity index (χ2n) is 6.44. The number of carbonyl (C=O) groups is 1. The number of primary amides is 1. The third-order valence-electron chi connectivity index (χ3n) is 4.67. The SMILES string of the molecule is Cc1c(C(N)=O)cc(-c2csc(-c3cccs3)n2)n1CCc1ccc(F)cc1. The highest BCUT2D eigenvalue weighted by atomic mass is 32.1. The van der Waals surface area contributed by atoms with Gasteiger partial charge in [-0.2, -0.15) is 0 Å². The minimum absolute atomic E-state index is 0.249. The number of thiazole rings is 1. The van der Waals surface area contributed by atoms with Crippen LogP contribution in [0.2, 0.25) is 0 Å². The highest BCUT2D eigenvalue weighted by molar-refractivity contribution is 7.20. The van der Waals surface area contributed by atoms with E-state index in [-0.39, 0.29) is 5.82 Å². The van der Waals surface area contributed by atoms with Gasteiger partial charge in [0.2, 0.25) is 0 Å². The Morgan fingerprint density at radius 1 is 1.21 bits per heavy atom. The average molecular weight is 412 g/mol. The largest absolute Gasteiger partial charge is 0.366 e. The van der Waals surface area contributed by atoms with Crippen molar-refractivity contribution in [1.82, 2.24) is 9.55 Å². The van der Waals surface area contributed by atoms with Crippen LogP contribution in [0.1, 0.15) is 21.6 Å². The Kier molecular flexibility index (Phi) is 5.11. The van der Waals surface area contributed by atoms with Gasteiger partial charge in [0, 0.05) is 17.6 Å². The monoisotopic (exact) mass is 411 g/mol. The fourth-order valence-corrected chi connectivity index (χ4v) is 4.82. The van der Waals surface area contributed by atoms with Crippen LogP contribution in [0.4, 0.5) is 4.39 Å². The van der Waals surface area contributed by atoms with E-state index in [1.165, 1.54) is 12.1 Å². The van der Waals surface area contributed by atoms with Crippen LogP contribution in [-0.4, -0.2) is 15.5 Å². The van der Waals surface area contributed by atoms with Crippen molar-refractivity contribution < 1.29 is 9.18 Å². The van der Waals surface area contributed by atoms with E-state index < -0.39 is 5.91 Å². The van der Waals surface area contributed by atoms with Crippen molar-refractivity contribution in [3.8, 4) is 21.3 Å². The molecule has 0 aliphatic carbocycles. The lowest BCUT2D eigenvalue weighted by molar-refractivity contribution is 0.0999. The number of nitrogens with two attached hydrogens (primary N) is 1. The molecule has 3 aromatic heterocycles. The first kappa shape index (κ1) is 18.6. The van der Waals surface area contributed by atoms with Crippen molar-refractivity contribution in [3.05, 3.63) is 75.9 Å². The summed E-state index contributed by atoms with van der Waals surface area (Å²) in [5.41, 5.74) is 9.60. The van der Waals surface area contributed by atoms with Crippen molar-refractivity contribution in [1.29, 1.82) is 0 Å². The van der Waals surface area contributed by atoms with E-state index in [1.807, 2.05) is 35.9 Å². The Morgan fingerprint density at radius 2 is 2.00 bits per heavy atom. The summed E-state index contributed by atoms with van der Waals surface area (Å²) in [5.74, 6) is -0.700. The molecule has 7 heteroatoms. The molecule has 4 nitrogen and oxygen atoms in total. The van der Waals surface area contributed by atoms with Gasteiger partial charge in [0.1, 0.15) is 10.8 Å². The Balaban J connectivity index is 1.69. The first-order valence-electron chi connectivity index (χ1n) is 8.77. The summed E-state index contributed by atoms with van der Waals surface area (Å²) in [5, 5.41) is 4.98. The van der Waals surface area contributed by atoms with E-state index in [2.05, 4.69) is 4.57 Å². The minimum Gasteiger partial charge on any atom is -0.366 e. The van der Waals surface area contributed by atoms with Gasteiger partial charge >= 0.3 is 0 Å². The standard InChI is InChI=1S/C21H18FN3OS2/c1-13-16(20(23)26)11-18(17-12-28-21(24-17)19-3-2-10-27-19)25(13)9-8-14-4-6-15(22)7-5-14/h2-7,10-12H,8-9H2,1H3,(H2,23,26). The van der Waals surface area contributed by atoms with Gasteiger partial charge in [0.05, 0.1) is 21.8 Å². The normalized spacial score (nSPS) is 11.1. The van der Waals surface area contributed by atoms with Crippen LogP contribution in [-0.2, 0) is 13.0 Å². The molecule has 3 heterocycles. The van der Waals surface area contributed by atoms with Crippen LogP contribution >= 0.6 is 22.7 Å². The molecule has 0 fully saturated rings. The number of halogens is 1. The molecule has 4 rings (SSSR count). The molecule has 0 aliphatic heterocycles. The predicted molar refractivity (Wildman–Crippen MR) is 112 cm³/mol. The molecular formula is C21H18FN3OS2. The Hall–Kier alpha value is -2.77. The zero-order valence-corrected chi connectivity index (χ0v) is 16.8. The molecule has 0 saturated heterocycles. The Morgan fingerprint density at radius 3 is 2.68 bits per heavy atom. The van der Waals surface area contributed by atoms with Crippen molar-refractivity contribution in [2.75, 3.05) is 0 Å². The molecule has 1 amide bonds. The molecule has 142 valence electrons. The average Bonchev–Trinajstić information content (AvgIpc) is 3.41. The summed E-state index contributed by atoms with van der Waals surface area (Å²) >= 11 is 3.23. The smallest absolute Gasteiger partial charge is 0.250 e. The number of thiophene rings is 1. The minimum atomic E-state index is -0.451. The molecule has 2 N–H and O–H groups in total. The summed E-state index contributed by atoms with van der Waals surface area (Å²) < 4.78 is 15.2. The maximum absolute atomic E-state index is 13.1. The topological polar surface area (TPSA) is 60.9 Å². The summed E-state index contributed by atoms with van der Waals surface area (Å²) in [4.78, 5) is 17.8. The molecule has 0 bridgehead atoms. The first-order chi connectivity index (χ1) is 13.5. The van der Waals surface area contributed by atoms with Gasteiger partial charge in [-0.3, -0.25) is 4.79 Å². The number of amides is 1. The van der Waals surface area contributed by atoms with Gasteiger partial charge in [-0.15, -0.1) is 22.7 Å². The Labute approximate surface area is 170 Å². The fourth-order valence-electron chi connectivity index (χ4n) is 3.19. The van der Waals surface area contributed by atoms with Gasteiger partial charge in [0.25, 0.3) is 5.91 Å². The van der Waals surface area contributed by atoms with Crippen LogP contribution in [0.5, 0.6) is 0 Å². The van der Waals surface area contributed by atoms with Crippen molar-refractivity contribution in [3.63, 3.8) is 0 Å². The summed E-state index contributed by atoms with van der Waals surface area (Å²) in [6, 6.07) is 12.3. The molecular weight excluding hydrogens is 393 g/mol. The Bertz CT molecular complexity index is 1110. The molecule has 0 spiro atoms. The summed E-state index contributed by atoms with van der Waals surface area (Å²) in [6.07, 6.45) is 0.711. The summed E-state index contributed by atoms with van der Waals surface area (Å²) in [6.45, 7) is 2.53. The fraction of sp³-hybridized carbons (Fsp3) is 0.143. The van der Waals surface area contributed by atoms with E-state index in [0.29, 0.717) is 18.5 Å². The van der Waals surface area contributed by atoms with E-state index in [9.17, 15) is 9.18 Å². The third-order valence-corrected chi connectivity index (χ3v) is 6.55. The van der Waals surface area contributed by atoms with Gasteiger partial charge in [-0.05, 0) is 48.6 Å². The van der Waals surface area contributed by atoms with E-state index in [4.69, 9.17) is 10.7 Å². The number of aryl methyl sites for hydroxylation is 1. The van der Waals surface area contributed by atoms with E-state index >= 15 is 0 Å². The zero-order valence-electron chi connectivity index (χ0n) is 15.2. The van der Waals surface area contributed by atoms with Crippen LogP contribution in [0.3, 0.4) is 0 Å². The van der Waals surface area contributed by atoms with Crippen molar-refractivity contribution >= 4 is 28.6 Å². The lowest BCUT2D eigenvalue weighted by Gasteiger charge is -2.11. The number of rotatable bonds is 6. The highest BCUT2D eigenvalue weighted by Crippen LogP contribution is 2.33. The molecule has 0 unspecified atom stereocenters. The van der Waals surface area contributed by atoms with E-state index in [1.54, 1.807) is 34.8 Å². The lowest BCUT2D eigenvalue weighted by atomic mass is 10.1. The van der Waals surface area contributed by atoms with Gasteiger partial charge < -0.3 is 10.3 Å². The second-order valence-corrected chi connectivity index (χ2v) is 8.24. The third kappa shape index (κ3) is 3.63. The quantitative estimate of drug-likeness (QED) is 0.478. The van der Waals surface area contributed by atoms with Gasteiger partial charge in [-0.1, -0.05) is 18.2 Å². The number of benzene rings is 1. The number of carbonyl (C=O) groups excluding carboxylic acids is 1. The van der Waals surface area contributed by atoms with Gasteiger partial charge in [-0.25, -0.2) is 9.37 Å². The first-order valence-corrected chi connectivity index (χ1v) is 10.5. The summed E-state index contributed by atoms with van der Waals surface area (Å²) in [7, 11) is 0. The number of hydrogen-bond acceptors (Lipinski definition) is 4. The van der Waals surface area contributed by atoms with Crippen LogP contribution < -0.4 is 5.73 Å². The molecule has 4 aromatic rings. The van der Waals surface area contributed by atoms with Gasteiger partial charge in [0.15, 0.2) is 0 Å². The molecule has 28 heavy (non-hydrogen) atoms. The maximum atomic E-state index is 13.1. The lowest BCUT2D eigenvalue weighted by Crippen LogP contribution is -2.13. The second kappa shape index (κ2) is 7.69. The number of nitrogens with zero attached hydrogens (tertiary/aromatic N) is 2. The number of hydrogen-bond donors (Lipinski definition) is 1. The van der Waals surface area contributed by atoms with Crippen LogP contribution in [0, 0.1) is 12.7 Å². The highest BCUT2D eigenvalue weighted by Gasteiger charge is 2.19. The zero-order chi connectivity index (χ0) is 19.7. The van der Waals surface area contributed by atoms with Crippen LogP contribution in [0.15, 0.2) is 53.2 Å². The van der Waals surface area contributed by atoms with E-state index in [0.717, 1.165) is 32.5 Å². The maximum Gasteiger partial charge on any atom is 0.250 e. The molecule has 0 aliphatic rings. The molecule has 0 atom stereocenters.